The highest BCUT2D eigenvalue weighted by molar-refractivity contribution is 5.95. The van der Waals surface area contributed by atoms with Gasteiger partial charge in [-0.2, -0.15) is 0 Å². The van der Waals surface area contributed by atoms with Crippen LogP contribution in [-0.2, 0) is 14.4 Å². The normalized spacial score (nSPS) is 23.6. The first-order valence-corrected chi connectivity index (χ1v) is 14.9. The summed E-state index contributed by atoms with van der Waals surface area (Å²) in [6.45, 7) is 2.80. The summed E-state index contributed by atoms with van der Waals surface area (Å²) >= 11 is 0. The number of carbonyl (C=O) groups excluding carboxylic acids is 3. The number of Topliss-reactive ketones (excluding diaryl/α,β-unsaturated/α-hetero) is 1. The first-order chi connectivity index (χ1) is 19.3. The molecule has 0 unspecified atom stereocenters. The minimum atomic E-state index is -0.618. The number of fused-ring (bicyclic) bond motifs is 1. The van der Waals surface area contributed by atoms with Crippen LogP contribution in [0.4, 0.5) is 0 Å². The molecule has 2 aromatic rings. The van der Waals surface area contributed by atoms with Crippen LogP contribution in [0.5, 0.6) is 0 Å². The molecule has 2 fully saturated rings. The van der Waals surface area contributed by atoms with Gasteiger partial charge >= 0.3 is 0 Å². The van der Waals surface area contributed by atoms with Gasteiger partial charge in [-0.25, -0.2) is 0 Å². The van der Waals surface area contributed by atoms with Crippen molar-refractivity contribution in [1.29, 1.82) is 0 Å². The lowest BCUT2D eigenvalue weighted by atomic mass is 9.85. The fraction of sp³-hybridized carbons (Fsp3) is 0.545. The first kappa shape index (κ1) is 29.9. The summed E-state index contributed by atoms with van der Waals surface area (Å²) in [4.78, 5) is 45.5. The molecule has 40 heavy (non-hydrogen) atoms. The molecule has 7 nitrogen and oxygen atoms in total. The second-order valence-corrected chi connectivity index (χ2v) is 11.7. The van der Waals surface area contributed by atoms with Crippen molar-refractivity contribution in [3.05, 3.63) is 71.8 Å². The summed E-state index contributed by atoms with van der Waals surface area (Å²) < 4.78 is 0. The van der Waals surface area contributed by atoms with Crippen molar-refractivity contribution < 1.29 is 14.4 Å². The zero-order valence-corrected chi connectivity index (χ0v) is 24.5. The Morgan fingerprint density at radius 3 is 2.10 bits per heavy atom. The van der Waals surface area contributed by atoms with Crippen LogP contribution in [0.25, 0.3) is 0 Å². The van der Waals surface area contributed by atoms with Gasteiger partial charge in [-0.05, 0) is 83.3 Å². The zero-order valence-electron chi connectivity index (χ0n) is 24.5. The maximum Gasteiger partial charge on any atom is 0.246 e. The van der Waals surface area contributed by atoms with Crippen LogP contribution in [0.3, 0.4) is 0 Å². The van der Waals surface area contributed by atoms with Gasteiger partial charge in [0.15, 0.2) is 5.78 Å². The SMILES string of the molecule is CC[C@H](NC)C(=O)N[C@@H]1C(=O)N2[C@@H](CC[C@@H]1CCN(C)C)CC[C@H]2C(=O)CC(c1ccccc1)c1ccccc1. The van der Waals surface area contributed by atoms with Crippen molar-refractivity contribution >= 4 is 17.6 Å². The van der Waals surface area contributed by atoms with Gasteiger partial charge in [-0.1, -0.05) is 67.6 Å². The highest BCUT2D eigenvalue weighted by Crippen LogP contribution is 2.37. The predicted octanol–water partition coefficient (Wildman–Crippen LogP) is 3.98. The van der Waals surface area contributed by atoms with Gasteiger partial charge in [0, 0.05) is 18.4 Å². The summed E-state index contributed by atoms with van der Waals surface area (Å²) in [5.74, 6) is -0.160. The van der Waals surface area contributed by atoms with Gasteiger partial charge in [0.25, 0.3) is 0 Å². The highest BCUT2D eigenvalue weighted by Gasteiger charge is 2.47. The molecule has 5 atom stereocenters. The average Bonchev–Trinajstić information content (AvgIpc) is 3.35. The van der Waals surface area contributed by atoms with E-state index >= 15 is 0 Å². The Labute approximate surface area is 239 Å². The van der Waals surface area contributed by atoms with E-state index in [4.69, 9.17) is 0 Å². The third-order valence-corrected chi connectivity index (χ3v) is 8.86. The number of amides is 2. The Hall–Kier alpha value is -3.03. The number of likely N-dealkylation sites (N-methyl/N-ethyl adjacent to an activating group) is 1. The molecule has 0 spiro atoms. The third-order valence-electron chi connectivity index (χ3n) is 8.86. The number of hydrogen-bond acceptors (Lipinski definition) is 5. The maximum absolute atomic E-state index is 14.3. The van der Waals surface area contributed by atoms with E-state index in [1.807, 2.05) is 62.3 Å². The lowest BCUT2D eigenvalue weighted by Gasteiger charge is -2.33. The molecule has 2 saturated heterocycles. The van der Waals surface area contributed by atoms with Gasteiger partial charge < -0.3 is 20.4 Å². The summed E-state index contributed by atoms with van der Waals surface area (Å²) in [7, 11) is 5.83. The van der Waals surface area contributed by atoms with Gasteiger partial charge in [-0.15, -0.1) is 0 Å². The Morgan fingerprint density at radius 1 is 0.950 bits per heavy atom. The van der Waals surface area contributed by atoms with Crippen LogP contribution in [0.1, 0.15) is 68.9 Å². The Kier molecular flexibility index (Phi) is 10.5. The van der Waals surface area contributed by atoms with Crippen LogP contribution in [0.15, 0.2) is 60.7 Å². The molecule has 0 saturated carbocycles. The fourth-order valence-electron chi connectivity index (χ4n) is 6.58. The molecule has 2 aromatic carbocycles. The zero-order chi connectivity index (χ0) is 28.6. The molecule has 0 aromatic heterocycles. The van der Waals surface area contributed by atoms with Crippen molar-refractivity contribution in [3.63, 3.8) is 0 Å². The average molecular weight is 547 g/mol. The molecule has 0 radical (unpaired) electrons. The van der Waals surface area contributed by atoms with Crippen molar-refractivity contribution in [3.8, 4) is 0 Å². The van der Waals surface area contributed by atoms with Crippen molar-refractivity contribution in [2.45, 2.75) is 82.0 Å². The molecular weight excluding hydrogens is 500 g/mol. The molecule has 2 N–H and O–H groups in total. The highest BCUT2D eigenvalue weighted by atomic mass is 16.2. The van der Waals surface area contributed by atoms with Gasteiger partial charge in [-0.3, -0.25) is 14.4 Å². The van der Waals surface area contributed by atoms with E-state index < -0.39 is 12.1 Å². The van der Waals surface area contributed by atoms with Crippen LogP contribution in [-0.4, -0.2) is 79.3 Å². The predicted molar refractivity (Wildman–Crippen MR) is 159 cm³/mol. The van der Waals surface area contributed by atoms with Crippen molar-refractivity contribution in [2.75, 3.05) is 27.7 Å². The summed E-state index contributed by atoms with van der Waals surface area (Å²) in [5, 5.41) is 6.19. The van der Waals surface area contributed by atoms with E-state index in [2.05, 4.69) is 39.8 Å². The number of ketones is 1. The van der Waals surface area contributed by atoms with Crippen LogP contribution < -0.4 is 10.6 Å². The van der Waals surface area contributed by atoms with Crippen LogP contribution in [0.2, 0.25) is 0 Å². The molecule has 7 heteroatoms. The molecule has 0 bridgehead atoms. The summed E-state index contributed by atoms with van der Waals surface area (Å²) in [6, 6.07) is 18.9. The number of hydrogen-bond donors (Lipinski definition) is 2. The number of carbonyl (C=O) groups is 3. The Balaban J connectivity index is 1.59. The minimum Gasteiger partial charge on any atom is -0.343 e. The molecule has 216 valence electrons. The molecule has 4 rings (SSSR count). The smallest absolute Gasteiger partial charge is 0.246 e. The van der Waals surface area contributed by atoms with Crippen molar-refractivity contribution in [2.24, 2.45) is 5.92 Å². The standard InChI is InChI=1S/C33H46N4O3/c1-5-28(34-2)32(39)35-31-25(20-21-36(3)4)16-17-26-18-19-29(37(26)33(31)40)30(38)22-27(23-12-8-6-9-13-23)24-14-10-7-11-15-24/h6-15,25-29,31,34H,5,16-22H2,1-4H3,(H,35,39)/t25-,26+,28+,29+,31+/m1/s1. The molecular formula is C33H46N4O3. The summed E-state index contributed by atoms with van der Waals surface area (Å²) in [6.07, 6.45) is 5.04. The van der Waals surface area contributed by atoms with Gasteiger partial charge in [0.1, 0.15) is 6.04 Å². The van der Waals surface area contributed by atoms with Gasteiger partial charge in [0.2, 0.25) is 11.8 Å². The number of benzene rings is 2. The van der Waals surface area contributed by atoms with E-state index in [1.165, 1.54) is 0 Å². The monoisotopic (exact) mass is 546 g/mol. The van der Waals surface area contributed by atoms with E-state index in [-0.39, 0.29) is 41.5 Å². The van der Waals surface area contributed by atoms with E-state index in [0.29, 0.717) is 19.3 Å². The maximum atomic E-state index is 14.3. The topological polar surface area (TPSA) is 81.8 Å². The number of rotatable bonds is 12. The summed E-state index contributed by atoms with van der Waals surface area (Å²) in [5.41, 5.74) is 2.20. The minimum absolute atomic E-state index is 0.0379. The van der Waals surface area contributed by atoms with Crippen molar-refractivity contribution in [1.82, 2.24) is 20.4 Å². The fourth-order valence-corrected chi connectivity index (χ4v) is 6.58. The molecule has 2 amide bonds. The quantitative estimate of drug-likeness (QED) is 0.421. The molecule has 2 heterocycles. The number of nitrogens with one attached hydrogen (secondary N) is 2. The first-order valence-electron chi connectivity index (χ1n) is 14.9. The molecule has 2 aliphatic heterocycles. The van der Waals surface area contributed by atoms with Gasteiger partial charge in [0.05, 0.1) is 12.1 Å². The second kappa shape index (κ2) is 14.0. The largest absolute Gasteiger partial charge is 0.343 e. The second-order valence-electron chi connectivity index (χ2n) is 11.7. The van der Waals surface area contributed by atoms with Crippen LogP contribution >= 0.6 is 0 Å². The van der Waals surface area contributed by atoms with E-state index in [1.54, 1.807) is 7.05 Å². The van der Waals surface area contributed by atoms with Crippen LogP contribution in [0, 0.1) is 5.92 Å². The molecule has 0 aliphatic carbocycles. The Bertz CT molecular complexity index is 1080. The molecule has 2 aliphatic rings. The lowest BCUT2D eigenvalue weighted by molar-refractivity contribution is -0.143. The van der Waals surface area contributed by atoms with E-state index in [9.17, 15) is 14.4 Å². The number of nitrogens with zero attached hydrogens (tertiary/aromatic N) is 2. The lowest BCUT2D eigenvalue weighted by Crippen LogP contribution is -2.57. The Morgan fingerprint density at radius 2 is 1.55 bits per heavy atom. The van der Waals surface area contributed by atoms with E-state index in [0.717, 1.165) is 43.4 Å². The third kappa shape index (κ3) is 6.99.